The first-order valence-electron chi connectivity index (χ1n) is 8.11. The molecule has 2 aromatic rings. The number of pyridine rings is 1. The zero-order chi connectivity index (χ0) is 18.7. The van der Waals surface area contributed by atoms with Crippen LogP contribution in [0.2, 0.25) is 0 Å². The Morgan fingerprint density at radius 3 is 2.50 bits per heavy atom. The number of hydrogen-bond donors (Lipinski definition) is 1. The minimum atomic E-state index is -3.95. The Morgan fingerprint density at radius 1 is 1.15 bits per heavy atom. The maximum absolute atomic E-state index is 13.2. The molecular weight excluding hydrogens is 364 g/mol. The van der Waals surface area contributed by atoms with Crippen LogP contribution in [-0.4, -0.2) is 39.7 Å². The first kappa shape index (κ1) is 18.5. The van der Waals surface area contributed by atoms with Crippen LogP contribution in [0.5, 0.6) is 0 Å². The molecule has 140 valence electrons. The van der Waals surface area contributed by atoms with Gasteiger partial charge in [0, 0.05) is 38.6 Å². The van der Waals surface area contributed by atoms with Crippen molar-refractivity contribution in [3.63, 3.8) is 0 Å². The molecule has 0 aliphatic carbocycles. The molecule has 0 unspecified atom stereocenters. The van der Waals surface area contributed by atoms with Crippen molar-refractivity contribution >= 4 is 21.5 Å². The van der Waals surface area contributed by atoms with Gasteiger partial charge in [0.1, 0.15) is 10.7 Å². The SMILES string of the molecule is CN(c1ccc(S(=O)(=O)Nc2ccc(F)c(F)c2)cn1)C1CCOCC1. The molecule has 0 spiro atoms. The third-order valence-corrected chi connectivity index (χ3v) is 5.67. The van der Waals surface area contributed by atoms with E-state index in [1.807, 2.05) is 11.9 Å². The number of nitrogens with zero attached hydrogens (tertiary/aromatic N) is 2. The molecule has 1 aromatic carbocycles. The lowest BCUT2D eigenvalue weighted by Gasteiger charge is -2.32. The van der Waals surface area contributed by atoms with Gasteiger partial charge in [-0.1, -0.05) is 0 Å². The van der Waals surface area contributed by atoms with Gasteiger partial charge in [-0.2, -0.15) is 0 Å². The molecule has 1 aliphatic rings. The van der Waals surface area contributed by atoms with Crippen molar-refractivity contribution in [1.29, 1.82) is 0 Å². The largest absolute Gasteiger partial charge is 0.381 e. The molecule has 0 atom stereocenters. The summed E-state index contributed by atoms with van der Waals surface area (Å²) in [6.07, 6.45) is 3.01. The Balaban J connectivity index is 1.74. The van der Waals surface area contributed by atoms with Crippen molar-refractivity contribution in [2.75, 3.05) is 29.9 Å². The summed E-state index contributed by atoms with van der Waals surface area (Å²) in [6, 6.07) is 6.14. The van der Waals surface area contributed by atoms with Gasteiger partial charge >= 0.3 is 0 Å². The van der Waals surface area contributed by atoms with Crippen LogP contribution in [0, 0.1) is 11.6 Å². The van der Waals surface area contributed by atoms with Crippen molar-refractivity contribution in [2.24, 2.45) is 0 Å². The van der Waals surface area contributed by atoms with Gasteiger partial charge in [0.15, 0.2) is 11.6 Å². The normalized spacial score (nSPS) is 15.7. The van der Waals surface area contributed by atoms with Gasteiger partial charge < -0.3 is 9.64 Å². The maximum atomic E-state index is 13.2. The van der Waals surface area contributed by atoms with Crippen LogP contribution in [0.15, 0.2) is 41.4 Å². The number of anilines is 2. The average molecular weight is 383 g/mol. The van der Waals surface area contributed by atoms with E-state index in [1.54, 1.807) is 6.07 Å². The number of hydrogen-bond acceptors (Lipinski definition) is 5. The van der Waals surface area contributed by atoms with E-state index in [0.717, 1.165) is 31.0 Å². The number of ether oxygens (including phenoxy) is 1. The van der Waals surface area contributed by atoms with E-state index in [4.69, 9.17) is 4.74 Å². The van der Waals surface area contributed by atoms with E-state index >= 15 is 0 Å². The van der Waals surface area contributed by atoms with Crippen molar-refractivity contribution in [3.8, 4) is 0 Å². The van der Waals surface area contributed by atoms with Crippen LogP contribution in [0.25, 0.3) is 0 Å². The lowest BCUT2D eigenvalue weighted by atomic mass is 10.1. The molecular formula is C17H19F2N3O3S. The fourth-order valence-corrected chi connectivity index (χ4v) is 3.77. The van der Waals surface area contributed by atoms with E-state index in [9.17, 15) is 17.2 Å². The highest BCUT2D eigenvalue weighted by molar-refractivity contribution is 7.92. The summed E-state index contributed by atoms with van der Waals surface area (Å²) in [5.41, 5.74) is -0.0627. The highest BCUT2D eigenvalue weighted by Gasteiger charge is 2.21. The van der Waals surface area contributed by atoms with Gasteiger partial charge in [0.2, 0.25) is 0 Å². The number of halogens is 2. The van der Waals surface area contributed by atoms with Gasteiger partial charge in [-0.25, -0.2) is 22.2 Å². The standard InChI is InChI=1S/C17H19F2N3O3S/c1-22(13-6-8-25-9-7-13)17-5-3-14(11-20-17)26(23,24)21-12-2-4-15(18)16(19)10-12/h2-5,10-11,13,21H,6-9H2,1H3. The fourth-order valence-electron chi connectivity index (χ4n) is 2.77. The van der Waals surface area contributed by atoms with Crippen LogP contribution >= 0.6 is 0 Å². The molecule has 3 rings (SSSR count). The molecule has 0 saturated carbocycles. The molecule has 0 amide bonds. The summed E-state index contributed by atoms with van der Waals surface area (Å²) < 4.78 is 58.5. The summed E-state index contributed by atoms with van der Waals surface area (Å²) in [5.74, 6) is -1.52. The summed E-state index contributed by atoms with van der Waals surface area (Å²) in [5, 5.41) is 0. The number of aromatic nitrogens is 1. The molecule has 1 saturated heterocycles. The van der Waals surface area contributed by atoms with E-state index < -0.39 is 21.7 Å². The molecule has 2 heterocycles. The van der Waals surface area contributed by atoms with Crippen LogP contribution in [0.3, 0.4) is 0 Å². The van der Waals surface area contributed by atoms with Crippen LogP contribution in [0.4, 0.5) is 20.3 Å². The number of rotatable bonds is 5. The number of nitrogens with one attached hydrogen (secondary N) is 1. The molecule has 26 heavy (non-hydrogen) atoms. The van der Waals surface area contributed by atoms with E-state index in [0.29, 0.717) is 25.1 Å². The van der Waals surface area contributed by atoms with E-state index in [-0.39, 0.29) is 10.6 Å². The Morgan fingerprint density at radius 2 is 1.88 bits per heavy atom. The Hall–Kier alpha value is -2.26. The predicted octanol–water partition coefficient (Wildman–Crippen LogP) is 2.78. The second-order valence-electron chi connectivity index (χ2n) is 6.04. The summed E-state index contributed by atoms with van der Waals surface area (Å²) in [6.45, 7) is 1.39. The topological polar surface area (TPSA) is 71.5 Å². The lowest BCUT2D eigenvalue weighted by Crippen LogP contribution is -2.37. The first-order valence-corrected chi connectivity index (χ1v) is 9.59. The smallest absolute Gasteiger partial charge is 0.263 e. The minimum Gasteiger partial charge on any atom is -0.381 e. The van der Waals surface area contributed by atoms with Crippen LogP contribution in [0.1, 0.15) is 12.8 Å². The van der Waals surface area contributed by atoms with Gasteiger partial charge in [-0.15, -0.1) is 0 Å². The fraction of sp³-hybridized carbons (Fsp3) is 0.353. The molecule has 9 heteroatoms. The molecule has 1 fully saturated rings. The third-order valence-electron chi connectivity index (χ3n) is 4.30. The van der Waals surface area contributed by atoms with Gasteiger partial charge in [-0.05, 0) is 37.1 Å². The molecule has 1 aliphatic heterocycles. The van der Waals surface area contributed by atoms with Crippen molar-refractivity contribution in [2.45, 2.75) is 23.8 Å². The van der Waals surface area contributed by atoms with Crippen LogP contribution < -0.4 is 9.62 Å². The highest BCUT2D eigenvalue weighted by atomic mass is 32.2. The summed E-state index contributed by atoms with van der Waals surface area (Å²) in [7, 11) is -2.04. The Kier molecular flexibility index (Phi) is 5.38. The second-order valence-corrected chi connectivity index (χ2v) is 7.72. The quantitative estimate of drug-likeness (QED) is 0.860. The molecule has 6 nitrogen and oxygen atoms in total. The highest BCUT2D eigenvalue weighted by Crippen LogP contribution is 2.22. The summed E-state index contributed by atoms with van der Waals surface area (Å²) >= 11 is 0. The molecule has 1 N–H and O–H groups in total. The minimum absolute atomic E-state index is 0.0627. The zero-order valence-corrected chi connectivity index (χ0v) is 15.0. The Bertz CT molecular complexity index is 869. The molecule has 0 radical (unpaired) electrons. The number of benzene rings is 1. The Labute approximate surface area is 150 Å². The summed E-state index contributed by atoms with van der Waals surface area (Å²) in [4.78, 5) is 6.16. The first-order chi connectivity index (χ1) is 12.4. The van der Waals surface area contributed by atoms with Crippen molar-refractivity contribution < 1.29 is 21.9 Å². The maximum Gasteiger partial charge on any atom is 0.263 e. The van der Waals surface area contributed by atoms with Crippen LogP contribution in [-0.2, 0) is 14.8 Å². The predicted molar refractivity (Wildman–Crippen MR) is 93.6 cm³/mol. The monoisotopic (exact) mass is 383 g/mol. The van der Waals surface area contributed by atoms with E-state index in [1.165, 1.54) is 12.3 Å². The van der Waals surface area contributed by atoms with Gasteiger partial charge in [0.05, 0.1) is 5.69 Å². The number of sulfonamides is 1. The average Bonchev–Trinajstić information content (AvgIpc) is 2.65. The zero-order valence-electron chi connectivity index (χ0n) is 14.2. The lowest BCUT2D eigenvalue weighted by molar-refractivity contribution is 0.0853. The van der Waals surface area contributed by atoms with E-state index in [2.05, 4.69) is 9.71 Å². The van der Waals surface area contributed by atoms with Crippen molar-refractivity contribution in [1.82, 2.24) is 4.98 Å². The third kappa shape index (κ3) is 4.10. The molecule has 1 aromatic heterocycles. The second kappa shape index (κ2) is 7.55. The van der Waals surface area contributed by atoms with Gasteiger partial charge in [-0.3, -0.25) is 4.72 Å². The van der Waals surface area contributed by atoms with Gasteiger partial charge in [0.25, 0.3) is 10.0 Å². The van der Waals surface area contributed by atoms with Crippen molar-refractivity contribution in [3.05, 3.63) is 48.2 Å². The molecule has 0 bridgehead atoms.